The lowest BCUT2D eigenvalue weighted by Crippen LogP contribution is -2.33. The summed E-state index contributed by atoms with van der Waals surface area (Å²) < 4.78 is 0. The van der Waals surface area contributed by atoms with Crippen molar-refractivity contribution in [3.63, 3.8) is 0 Å². The van der Waals surface area contributed by atoms with Crippen molar-refractivity contribution in [2.75, 3.05) is 11.9 Å². The summed E-state index contributed by atoms with van der Waals surface area (Å²) in [5.74, 6) is 0.486. The topological polar surface area (TPSA) is 41.6 Å². The summed E-state index contributed by atoms with van der Waals surface area (Å²) in [5, 5.41) is 0. The molecule has 0 atom stereocenters. The summed E-state index contributed by atoms with van der Waals surface area (Å²) >= 11 is 0. The van der Waals surface area contributed by atoms with Gasteiger partial charge in [-0.3, -0.25) is 0 Å². The van der Waals surface area contributed by atoms with Gasteiger partial charge in [0.2, 0.25) is 5.96 Å². The number of nitrogens with two attached hydrogens (primary N) is 1. The summed E-state index contributed by atoms with van der Waals surface area (Å²) in [6, 6.07) is 18.0. The van der Waals surface area contributed by atoms with Crippen LogP contribution in [0.1, 0.15) is 12.5 Å². The van der Waals surface area contributed by atoms with E-state index in [1.807, 2.05) is 54.4 Å². The summed E-state index contributed by atoms with van der Waals surface area (Å²) in [6.45, 7) is 2.14. The van der Waals surface area contributed by atoms with Crippen LogP contribution in [0.5, 0.6) is 0 Å². The van der Waals surface area contributed by atoms with Gasteiger partial charge >= 0.3 is 0 Å². The molecular weight excluding hydrogens is 270 g/mol. The SMILES string of the molecule is CCc1cccc(N(C)C(N)=Nc2ccccc2)c1.Cl. The van der Waals surface area contributed by atoms with Gasteiger partial charge in [-0.2, -0.15) is 0 Å². The number of anilines is 1. The van der Waals surface area contributed by atoms with Crippen molar-refractivity contribution in [3.05, 3.63) is 60.2 Å². The van der Waals surface area contributed by atoms with Crippen LogP contribution in [0.4, 0.5) is 11.4 Å². The van der Waals surface area contributed by atoms with E-state index in [9.17, 15) is 0 Å². The van der Waals surface area contributed by atoms with Crippen LogP contribution in [0.15, 0.2) is 59.6 Å². The Morgan fingerprint density at radius 3 is 2.45 bits per heavy atom. The first kappa shape index (κ1) is 16.1. The van der Waals surface area contributed by atoms with Crippen LogP contribution >= 0.6 is 12.4 Å². The Balaban J connectivity index is 0.00000200. The van der Waals surface area contributed by atoms with Crippen LogP contribution in [0.3, 0.4) is 0 Å². The van der Waals surface area contributed by atoms with Crippen LogP contribution in [-0.4, -0.2) is 13.0 Å². The van der Waals surface area contributed by atoms with Crippen LogP contribution in [0.25, 0.3) is 0 Å². The zero-order chi connectivity index (χ0) is 13.7. The lowest BCUT2D eigenvalue weighted by atomic mass is 10.1. The second-order valence-corrected chi connectivity index (χ2v) is 4.39. The molecule has 0 heterocycles. The van der Waals surface area contributed by atoms with Gasteiger partial charge in [-0.25, -0.2) is 4.99 Å². The van der Waals surface area contributed by atoms with E-state index in [-0.39, 0.29) is 12.4 Å². The molecule has 20 heavy (non-hydrogen) atoms. The van der Waals surface area contributed by atoms with Gasteiger partial charge in [0, 0.05) is 12.7 Å². The van der Waals surface area contributed by atoms with Gasteiger partial charge in [0.1, 0.15) is 0 Å². The predicted octanol–water partition coefficient (Wildman–Crippen LogP) is 3.75. The highest BCUT2D eigenvalue weighted by Gasteiger charge is 2.05. The van der Waals surface area contributed by atoms with Crippen molar-refractivity contribution in [2.45, 2.75) is 13.3 Å². The van der Waals surface area contributed by atoms with Crippen LogP contribution < -0.4 is 10.6 Å². The second kappa shape index (κ2) is 7.56. The largest absolute Gasteiger partial charge is 0.369 e. The lowest BCUT2D eigenvalue weighted by molar-refractivity contribution is 1.13. The predicted molar refractivity (Wildman–Crippen MR) is 89.2 cm³/mol. The maximum Gasteiger partial charge on any atom is 0.200 e. The van der Waals surface area contributed by atoms with E-state index in [4.69, 9.17) is 5.73 Å². The fourth-order valence-electron chi connectivity index (χ4n) is 1.83. The molecule has 0 aliphatic heterocycles. The molecule has 0 aliphatic rings. The summed E-state index contributed by atoms with van der Waals surface area (Å²) in [5.41, 5.74) is 9.25. The highest BCUT2D eigenvalue weighted by Crippen LogP contribution is 2.17. The Bertz CT molecular complexity index is 567. The van der Waals surface area contributed by atoms with Crippen LogP contribution in [-0.2, 0) is 6.42 Å². The number of benzene rings is 2. The highest BCUT2D eigenvalue weighted by molar-refractivity contribution is 5.95. The second-order valence-electron chi connectivity index (χ2n) is 4.39. The quantitative estimate of drug-likeness (QED) is 0.690. The van der Waals surface area contributed by atoms with Crippen molar-refractivity contribution in [1.82, 2.24) is 0 Å². The minimum Gasteiger partial charge on any atom is -0.369 e. The molecule has 2 aromatic carbocycles. The van der Waals surface area contributed by atoms with E-state index >= 15 is 0 Å². The average Bonchev–Trinajstić information content (AvgIpc) is 2.47. The molecule has 0 unspecified atom stereocenters. The zero-order valence-corrected chi connectivity index (χ0v) is 12.6. The van der Waals surface area contributed by atoms with Gasteiger partial charge in [0.15, 0.2) is 0 Å². The fourth-order valence-corrected chi connectivity index (χ4v) is 1.83. The molecule has 0 radical (unpaired) electrons. The Labute approximate surface area is 126 Å². The Hall–Kier alpha value is -2.00. The smallest absolute Gasteiger partial charge is 0.200 e. The molecule has 2 aromatic rings. The summed E-state index contributed by atoms with van der Waals surface area (Å²) in [4.78, 5) is 6.31. The molecule has 0 aliphatic carbocycles. The van der Waals surface area contributed by atoms with E-state index in [0.29, 0.717) is 5.96 Å². The van der Waals surface area contributed by atoms with Crippen molar-refractivity contribution in [2.24, 2.45) is 10.7 Å². The van der Waals surface area contributed by atoms with Gasteiger partial charge in [-0.05, 0) is 36.2 Å². The number of rotatable bonds is 3. The number of hydrogen-bond donors (Lipinski definition) is 1. The van der Waals surface area contributed by atoms with Gasteiger partial charge in [0.05, 0.1) is 5.69 Å². The van der Waals surface area contributed by atoms with Crippen molar-refractivity contribution in [1.29, 1.82) is 0 Å². The van der Waals surface area contributed by atoms with E-state index in [1.54, 1.807) is 0 Å². The molecule has 2 N–H and O–H groups in total. The number of para-hydroxylation sites is 1. The zero-order valence-electron chi connectivity index (χ0n) is 11.8. The molecular formula is C16H20ClN3. The monoisotopic (exact) mass is 289 g/mol. The number of aliphatic imine (C=N–C) groups is 1. The number of guanidine groups is 1. The average molecular weight is 290 g/mol. The summed E-state index contributed by atoms with van der Waals surface area (Å²) in [6.07, 6.45) is 1.01. The van der Waals surface area contributed by atoms with Gasteiger partial charge in [-0.15, -0.1) is 12.4 Å². The van der Waals surface area contributed by atoms with Crippen molar-refractivity contribution < 1.29 is 0 Å². The molecule has 0 fully saturated rings. The molecule has 0 bridgehead atoms. The molecule has 0 saturated carbocycles. The minimum absolute atomic E-state index is 0. The number of nitrogens with zero attached hydrogens (tertiary/aromatic N) is 2. The third-order valence-corrected chi connectivity index (χ3v) is 3.05. The standard InChI is InChI=1S/C16H19N3.ClH/c1-3-13-8-7-11-15(12-13)19(2)16(17)18-14-9-5-4-6-10-14;/h4-12H,3H2,1-2H3,(H2,17,18);1H. The Kier molecular flexibility index (Phi) is 6.07. The van der Waals surface area contributed by atoms with Gasteiger partial charge in [0.25, 0.3) is 0 Å². The van der Waals surface area contributed by atoms with Crippen LogP contribution in [0, 0.1) is 0 Å². The molecule has 0 aromatic heterocycles. The number of aryl methyl sites for hydroxylation is 1. The van der Waals surface area contributed by atoms with E-state index in [0.717, 1.165) is 17.8 Å². The molecule has 4 heteroatoms. The maximum absolute atomic E-state index is 6.05. The first-order valence-corrected chi connectivity index (χ1v) is 6.42. The van der Waals surface area contributed by atoms with Crippen molar-refractivity contribution in [3.8, 4) is 0 Å². The minimum atomic E-state index is 0. The number of halogens is 1. The summed E-state index contributed by atoms with van der Waals surface area (Å²) in [7, 11) is 1.93. The normalized spacial score (nSPS) is 10.8. The Morgan fingerprint density at radius 1 is 1.10 bits per heavy atom. The fraction of sp³-hybridized carbons (Fsp3) is 0.188. The molecule has 0 amide bonds. The molecule has 0 saturated heterocycles. The van der Waals surface area contributed by atoms with Gasteiger partial charge in [-0.1, -0.05) is 37.3 Å². The highest BCUT2D eigenvalue weighted by atomic mass is 35.5. The van der Waals surface area contributed by atoms with E-state index in [2.05, 4.69) is 24.0 Å². The van der Waals surface area contributed by atoms with Crippen molar-refractivity contribution >= 4 is 29.7 Å². The first-order valence-electron chi connectivity index (χ1n) is 6.42. The Morgan fingerprint density at radius 2 is 1.80 bits per heavy atom. The molecule has 2 rings (SSSR count). The molecule has 106 valence electrons. The third kappa shape index (κ3) is 4.00. The van der Waals surface area contributed by atoms with Crippen LogP contribution in [0.2, 0.25) is 0 Å². The van der Waals surface area contributed by atoms with Gasteiger partial charge < -0.3 is 10.6 Å². The molecule has 0 spiro atoms. The third-order valence-electron chi connectivity index (χ3n) is 3.05. The molecule has 3 nitrogen and oxygen atoms in total. The first-order chi connectivity index (χ1) is 9.20. The van der Waals surface area contributed by atoms with E-state index < -0.39 is 0 Å². The lowest BCUT2D eigenvalue weighted by Gasteiger charge is -2.18. The maximum atomic E-state index is 6.05. The number of hydrogen-bond acceptors (Lipinski definition) is 1. The van der Waals surface area contributed by atoms with E-state index in [1.165, 1.54) is 5.56 Å².